The van der Waals surface area contributed by atoms with E-state index in [4.69, 9.17) is 76.2 Å². The van der Waals surface area contributed by atoms with E-state index in [1.807, 2.05) is 0 Å². The summed E-state index contributed by atoms with van der Waals surface area (Å²) in [6.07, 6.45) is 45.2. The Kier molecular flexibility index (Phi) is 73.8. The minimum atomic E-state index is -0.497. The summed E-state index contributed by atoms with van der Waals surface area (Å²) < 4.78 is 84.4. The molecule has 0 aliphatic rings. The van der Waals surface area contributed by atoms with Crippen molar-refractivity contribution in [3.05, 3.63) is 24.3 Å². The Morgan fingerprint density at radius 3 is 0.797 bits per heavy atom. The second-order valence-electron chi connectivity index (χ2n) is 19.9. The molecule has 1 N–H and O–H groups in total. The van der Waals surface area contributed by atoms with Gasteiger partial charge in [-0.25, -0.2) is 0 Å². The molecule has 16 heteroatoms. The van der Waals surface area contributed by atoms with E-state index in [1.165, 1.54) is 167 Å². The Morgan fingerprint density at radius 1 is 0.241 bits per heavy atom. The maximum Gasteiger partial charge on any atom is 0.183 e. The van der Waals surface area contributed by atoms with Crippen LogP contribution in [0.3, 0.4) is 0 Å². The fraction of sp³-hybridized carbons (Fsp3) is 0.937. The van der Waals surface area contributed by atoms with Crippen LogP contribution in [0, 0.1) is 0 Å². The van der Waals surface area contributed by atoms with E-state index >= 15 is 0 Å². The largest absolute Gasteiger partial charge is 0.394 e. The summed E-state index contributed by atoms with van der Waals surface area (Å²) in [5.41, 5.74) is 0. The van der Waals surface area contributed by atoms with E-state index in [1.54, 1.807) is 0 Å². The van der Waals surface area contributed by atoms with Crippen molar-refractivity contribution >= 4 is 0 Å². The first-order chi connectivity index (χ1) is 39.3. The summed E-state index contributed by atoms with van der Waals surface area (Å²) in [5, 5.41) is 8.64. The molecule has 0 saturated heterocycles. The molecule has 0 aliphatic heterocycles. The van der Waals surface area contributed by atoms with Crippen LogP contribution < -0.4 is 0 Å². The third-order valence-electron chi connectivity index (χ3n) is 12.7. The molecule has 0 heterocycles. The first-order valence-corrected chi connectivity index (χ1v) is 32.0. The number of hydrogen-bond donors (Lipinski definition) is 1. The van der Waals surface area contributed by atoms with E-state index in [0.717, 1.165) is 12.8 Å². The molecule has 0 radical (unpaired) electrons. The number of hydrogen-bond acceptors (Lipinski definition) is 16. The van der Waals surface area contributed by atoms with E-state index in [-0.39, 0.29) is 13.4 Å². The lowest BCUT2D eigenvalue weighted by molar-refractivity contribution is -0.218. The third-order valence-corrected chi connectivity index (χ3v) is 12.7. The Labute approximate surface area is 483 Å². The Balaban J connectivity index is 3.88. The van der Waals surface area contributed by atoms with Crippen LogP contribution in [-0.2, 0) is 71.1 Å². The van der Waals surface area contributed by atoms with Crippen molar-refractivity contribution in [3.8, 4) is 0 Å². The van der Waals surface area contributed by atoms with Gasteiger partial charge in [0.15, 0.2) is 6.29 Å². The van der Waals surface area contributed by atoms with E-state index < -0.39 is 6.29 Å². The highest BCUT2D eigenvalue weighted by Gasteiger charge is 2.11. The molecule has 0 rings (SSSR count). The van der Waals surface area contributed by atoms with E-state index in [0.29, 0.717) is 172 Å². The van der Waals surface area contributed by atoms with Crippen molar-refractivity contribution in [2.75, 3.05) is 185 Å². The van der Waals surface area contributed by atoms with Gasteiger partial charge in [-0.1, -0.05) is 154 Å². The predicted molar refractivity (Wildman–Crippen MR) is 317 cm³/mol. The lowest BCUT2D eigenvalue weighted by Crippen LogP contribution is -2.27. The Morgan fingerprint density at radius 2 is 0.494 bits per heavy atom. The molecule has 0 fully saturated rings. The van der Waals surface area contributed by atoms with Crippen LogP contribution in [0.25, 0.3) is 0 Å². The molecule has 1 unspecified atom stereocenters. The summed E-state index contributed by atoms with van der Waals surface area (Å²) in [6, 6.07) is 0. The molecule has 0 aromatic carbocycles. The van der Waals surface area contributed by atoms with Crippen LogP contribution in [-0.4, -0.2) is 197 Å². The van der Waals surface area contributed by atoms with E-state index in [2.05, 4.69) is 38.2 Å². The highest BCUT2D eigenvalue weighted by atomic mass is 16.8. The number of unbranched alkanes of at least 4 members (excludes halogenated alkanes) is 24. The third kappa shape index (κ3) is 72.9. The van der Waals surface area contributed by atoms with Crippen LogP contribution in [0.15, 0.2) is 24.3 Å². The second kappa shape index (κ2) is 74.9. The van der Waals surface area contributed by atoms with Gasteiger partial charge in [0.1, 0.15) is 6.79 Å². The maximum absolute atomic E-state index is 8.64. The number of aliphatic hydroxyl groups is 1. The van der Waals surface area contributed by atoms with Crippen molar-refractivity contribution in [1.82, 2.24) is 0 Å². The van der Waals surface area contributed by atoms with Gasteiger partial charge in [-0.2, -0.15) is 0 Å². The van der Waals surface area contributed by atoms with Gasteiger partial charge in [0.2, 0.25) is 0 Å². The van der Waals surface area contributed by atoms with Crippen LogP contribution >= 0.6 is 0 Å². The minimum absolute atomic E-state index is 0.0223. The molecule has 472 valence electrons. The molecule has 0 aromatic rings. The smallest absolute Gasteiger partial charge is 0.183 e. The number of aliphatic hydroxyl groups excluding tert-OH is 1. The predicted octanol–water partition coefficient (Wildman–Crippen LogP) is 12.6. The second-order valence-corrected chi connectivity index (χ2v) is 19.9. The normalized spacial score (nSPS) is 12.4. The lowest BCUT2D eigenvalue weighted by atomic mass is 10.1. The minimum Gasteiger partial charge on any atom is -0.394 e. The average Bonchev–Trinajstić information content (AvgIpc) is 3.46. The topological polar surface area (TPSA) is 159 Å². The quantitative estimate of drug-likeness (QED) is 0.0348. The molecule has 16 nitrogen and oxygen atoms in total. The summed E-state index contributed by atoms with van der Waals surface area (Å²) >= 11 is 0. The van der Waals surface area contributed by atoms with Gasteiger partial charge >= 0.3 is 0 Å². The van der Waals surface area contributed by atoms with Crippen molar-refractivity contribution in [2.45, 2.75) is 200 Å². The van der Waals surface area contributed by atoms with Gasteiger partial charge in [-0.15, -0.1) is 0 Å². The Hall–Kier alpha value is -1.16. The zero-order chi connectivity index (χ0) is 56.6. The van der Waals surface area contributed by atoms with Gasteiger partial charge < -0.3 is 76.2 Å². The summed E-state index contributed by atoms with van der Waals surface area (Å²) in [7, 11) is 0. The first kappa shape index (κ1) is 77.8. The molecule has 0 bridgehead atoms. The summed E-state index contributed by atoms with van der Waals surface area (Å²) in [4.78, 5) is 0. The molecule has 0 aromatic heterocycles. The van der Waals surface area contributed by atoms with Crippen molar-refractivity contribution < 1.29 is 76.2 Å². The molecule has 0 aliphatic carbocycles. The molecule has 1 atom stereocenters. The Bertz CT molecular complexity index is 1120. The summed E-state index contributed by atoms with van der Waals surface area (Å²) in [6.45, 7) is 17.6. The monoisotopic (exact) mass is 1140 g/mol. The van der Waals surface area contributed by atoms with Crippen molar-refractivity contribution in [1.29, 1.82) is 0 Å². The zero-order valence-corrected chi connectivity index (χ0v) is 51.1. The highest BCUT2D eigenvalue weighted by molar-refractivity contribution is 4.82. The molecule has 0 saturated carbocycles. The van der Waals surface area contributed by atoms with Crippen LogP contribution in [0.1, 0.15) is 194 Å². The van der Waals surface area contributed by atoms with Crippen molar-refractivity contribution in [3.63, 3.8) is 0 Å². The molecular formula is C63H124O16. The van der Waals surface area contributed by atoms with Gasteiger partial charge in [0, 0.05) is 13.2 Å². The van der Waals surface area contributed by atoms with Gasteiger partial charge in [-0.05, 0) is 64.2 Å². The fourth-order valence-electron chi connectivity index (χ4n) is 8.01. The van der Waals surface area contributed by atoms with E-state index in [9.17, 15) is 0 Å². The van der Waals surface area contributed by atoms with Gasteiger partial charge in [0.05, 0.1) is 165 Å². The average molecular weight is 1140 g/mol. The number of allylic oxidation sites excluding steroid dienone is 4. The molecular weight excluding hydrogens is 1010 g/mol. The first-order valence-electron chi connectivity index (χ1n) is 32.0. The lowest BCUT2D eigenvalue weighted by Gasteiger charge is -2.19. The number of ether oxygens (including phenoxy) is 15. The zero-order valence-electron chi connectivity index (χ0n) is 51.1. The van der Waals surface area contributed by atoms with Crippen LogP contribution in [0.2, 0.25) is 0 Å². The maximum atomic E-state index is 8.64. The summed E-state index contributed by atoms with van der Waals surface area (Å²) in [5.74, 6) is 0. The molecule has 79 heavy (non-hydrogen) atoms. The van der Waals surface area contributed by atoms with Crippen LogP contribution in [0.5, 0.6) is 0 Å². The SMILES string of the molecule is CCCCCCCC/C=C\CCCCCCCCOCOC(COCCCCCCCC/C=C\CCCCCCCC)OCCOCCOCCOCCOCCOCCOCCOCCOCCOCCOCCOCCO. The highest BCUT2D eigenvalue weighted by Crippen LogP contribution is 2.12. The fourth-order valence-corrected chi connectivity index (χ4v) is 8.01. The van der Waals surface area contributed by atoms with Crippen molar-refractivity contribution in [2.24, 2.45) is 0 Å². The molecule has 0 spiro atoms. The number of rotatable bonds is 73. The van der Waals surface area contributed by atoms with Crippen LogP contribution in [0.4, 0.5) is 0 Å². The molecule has 0 amide bonds. The van der Waals surface area contributed by atoms with Gasteiger partial charge in [0.25, 0.3) is 0 Å². The standard InChI is InChI=1S/C63H124O16/c1-3-5-7-9-11-13-15-17-19-21-23-25-27-29-31-33-36-76-61-63(79-62-77-37-34-32-30-28-26-24-22-20-18-16-14-12-10-8-6-4-2)78-60-59-75-58-57-74-56-55-73-54-53-72-52-51-71-50-49-70-48-47-69-46-45-68-44-43-67-42-41-66-40-39-65-38-35-64/h17-20,63-64H,3-16,21-62H2,1-2H3/b19-17-,20-18-. The van der Waals surface area contributed by atoms with Gasteiger partial charge in [-0.3, -0.25) is 0 Å².